The van der Waals surface area contributed by atoms with Gasteiger partial charge in [-0.3, -0.25) is 4.79 Å². The molecule has 0 radical (unpaired) electrons. The first-order valence-corrected chi connectivity index (χ1v) is 11.9. The lowest BCUT2D eigenvalue weighted by molar-refractivity contribution is 0.302. The van der Waals surface area contributed by atoms with Crippen molar-refractivity contribution in [1.82, 2.24) is 14.9 Å². The smallest absolute Gasteiger partial charge is 0.274 e. The van der Waals surface area contributed by atoms with E-state index in [2.05, 4.69) is 38.4 Å². The highest BCUT2D eigenvalue weighted by molar-refractivity contribution is 7.19. The quantitative estimate of drug-likeness (QED) is 0.360. The highest BCUT2D eigenvalue weighted by Crippen LogP contribution is 2.27. The summed E-state index contributed by atoms with van der Waals surface area (Å²) in [5.74, 6) is 0.787. The Kier molecular flexibility index (Phi) is 6.81. The van der Waals surface area contributed by atoms with E-state index in [1.165, 1.54) is 20.5 Å². The van der Waals surface area contributed by atoms with Crippen LogP contribution in [-0.4, -0.2) is 46.7 Å². The Labute approximate surface area is 197 Å². The minimum atomic E-state index is -0.251. The number of rotatable bonds is 8. The number of aromatic nitrogens is 2. The van der Waals surface area contributed by atoms with Crippen LogP contribution in [0.25, 0.3) is 10.1 Å². The summed E-state index contributed by atoms with van der Waals surface area (Å²) >= 11 is 1.74. The largest absolute Gasteiger partial charge is 0.508 e. The fourth-order valence-corrected chi connectivity index (χ4v) is 5.27. The molecule has 2 aromatic heterocycles. The number of fused-ring (bicyclic) bond motifs is 1. The maximum Gasteiger partial charge on any atom is 0.274 e. The molecule has 0 saturated carbocycles. The van der Waals surface area contributed by atoms with Gasteiger partial charge in [0.1, 0.15) is 5.75 Å². The number of H-pyrrole nitrogens is 1. The fourth-order valence-electron chi connectivity index (χ4n) is 4.18. The third-order valence-corrected chi connectivity index (χ3v) is 7.11. The predicted molar refractivity (Wildman–Crippen MR) is 137 cm³/mol. The molecule has 0 amide bonds. The molecule has 172 valence electrons. The van der Waals surface area contributed by atoms with Gasteiger partial charge in [0.15, 0.2) is 0 Å². The van der Waals surface area contributed by atoms with Crippen LogP contribution >= 0.6 is 11.3 Å². The van der Waals surface area contributed by atoms with Crippen LogP contribution in [0.5, 0.6) is 5.75 Å². The van der Waals surface area contributed by atoms with Crippen molar-refractivity contribution in [2.24, 2.45) is 0 Å². The molecule has 3 N–H and O–H groups in total. The lowest BCUT2D eigenvalue weighted by Gasteiger charge is -2.26. The van der Waals surface area contributed by atoms with Crippen LogP contribution in [0.1, 0.15) is 27.3 Å². The minimum Gasteiger partial charge on any atom is -0.508 e. The van der Waals surface area contributed by atoms with E-state index >= 15 is 0 Å². The molecule has 2 heterocycles. The van der Waals surface area contributed by atoms with Crippen molar-refractivity contribution < 1.29 is 5.11 Å². The Morgan fingerprint density at radius 2 is 1.85 bits per heavy atom. The van der Waals surface area contributed by atoms with Crippen LogP contribution in [0.2, 0.25) is 0 Å². The number of aromatic hydroxyl groups is 1. The van der Waals surface area contributed by atoms with Crippen molar-refractivity contribution in [3.63, 3.8) is 0 Å². The average Bonchev–Trinajstić information content (AvgIpc) is 3.14. The second-order valence-corrected chi connectivity index (χ2v) is 9.95. The van der Waals surface area contributed by atoms with E-state index < -0.39 is 0 Å². The number of hydrogen-bond donors (Lipinski definition) is 3. The summed E-state index contributed by atoms with van der Waals surface area (Å²) in [4.78, 5) is 23.1. The second kappa shape index (κ2) is 9.77. The van der Waals surface area contributed by atoms with E-state index in [4.69, 9.17) is 0 Å². The topological polar surface area (TPSA) is 81.2 Å². The van der Waals surface area contributed by atoms with E-state index in [1.807, 2.05) is 40.1 Å². The summed E-state index contributed by atoms with van der Waals surface area (Å²) in [6, 6.07) is 15.8. The lowest BCUT2D eigenvalue weighted by atomic mass is 9.95. The summed E-state index contributed by atoms with van der Waals surface area (Å²) < 4.78 is 1.25. The summed E-state index contributed by atoms with van der Waals surface area (Å²) in [6.45, 7) is 4.68. The van der Waals surface area contributed by atoms with Crippen molar-refractivity contribution in [3.05, 3.63) is 86.1 Å². The Bertz CT molecular complexity index is 1270. The Morgan fingerprint density at radius 1 is 1.12 bits per heavy atom. The Hall–Kier alpha value is -3.16. The highest BCUT2D eigenvalue weighted by Gasteiger charge is 2.16. The molecule has 0 aliphatic heterocycles. The molecule has 0 unspecified atom stereocenters. The predicted octanol–water partition coefficient (Wildman–Crippen LogP) is 4.48. The number of phenolic OH excluding ortho intramolecular Hbond substituents is 1. The van der Waals surface area contributed by atoms with Crippen LogP contribution in [0.15, 0.2) is 53.3 Å². The first-order valence-electron chi connectivity index (χ1n) is 11.1. The zero-order valence-electron chi connectivity index (χ0n) is 19.5. The second-order valence-electron chi connectivity index (χ2n) is 8.78. The summed E-state index contributed by atoms with van der Waals surface area (Å²) in [5, 5.41) is 14.4. The van der Waals surface area contributed by atoms with Gasteiger partial charge in [0.2, 0.25) is 5.95 Å². The third kappa shape index (κ3) is 5.61. The first kappa shape index (κ1) is 23.0. The highest BCUT2D eigenvalue weighted by atomic mass is 32.1. The van der Waals surface area contributed by atoms with Gasteiger partial charge in [-0.25, -0.2) is 0 Å². The molecule has 0 fully saturated rings. The van der Waals surface area contributed by atoms with E-state index in [1.54, 1.807) is 29.5 Å². The summed E-state index contributed by atoms with van der Waals surface area (Å²) in [6.07, 6.45) is 1.48. The number of aryl methyl sites for hydroxylation is 2. The van der Waals surface area contributed by atoms with E-state index in [0.29, 0.717) is 24.7 Å². The van der Waals surface area contributed by atoms with Crippen LogP contribution in [0.4, 0.5) is 5.95 Å². The molecule has 1 atom stereocenters. The van der Waals surface area contributed by atoms with Crippen molar-refractivity contribution in [2.75, 3.05) is 26.0 Å². The average molecular weight is 463 g/mol. The summed E-state index contributed by atoms with van der Waals surface area (Å²) in [7, 11) is 4.09. The maximum atomic E-state index is 12.3. The van der Waals surface area contributed by atoms with Gasteiger partial charge < -0.3 is 20.3 Å². The van der Waals surface area contributed by atoms with Crippen LogP contribution < -0.4 is 10.9 Å². The fraction of sp³-hybridized carbons (Fsp3) is 0.308. The van der Waals surface area contributed by atoms with Crippen molar-refractivity contribution in [3.8, 4) is 5.75 Å². The summed E-state index contributed by atoms with van der Waals surface area (Å²) in [5.41, 5.74) is 3.98. The molecule has 0 aliphatic carbocycles. The van der Waals surface area contributed by atoms with Gasteiger partial charge in [-0.1, -0.05) is 18.2 Å². The minimum absolute atomic E-state index is 0.184. The molecule has 0 spiro atoms. The van der Waals surface area contributed by atoms with E-state index in [-0.39, 0.29) is 11.6 Å². The van der Waals surface area contributed by atoms with Crippen LogP contribution in [0.3, 0.4) is 0 Å². The van der Waals surface area contributed by atoms with E-state index in [9.17, 15) is 9.90 Å². The molecule has 0 saturated heterocycles. The molecule has 4 rings (SSSR count). The van der Waals surface area contributed by atoms with Gasteiger partial charge in [0.25, 0.3) is 5.56 Å². The molecule has 0 bridgehead atoms. The zero-order valence-corrected chi connectivity index (χ0v) is 20.3. The number of likely N-dealkylation sites (N-methyl/N-ethyl adjacent to an activating group) is 1. The monoisotopic (exact) mass is 462 g/mol. The van der Waals surface area contributed by atoms with Gasteiger partial charge in [0, 0.05) is 40.3 Å². The van der Waals surface area contributed by atoms with Crippen LogP contribution in [0, 0.1) is 13.8 Å². The normalized spacial score (nSPS) is 12.4. The van der Waals surface area contributed by atoms with Gasteiger partial charge in [0.05, 0.1) is 0 Å². The number of phenols is 1. The molecule has 33 heavy (non-hydrogen) atoms. The first-order chi connectivity index (χ1) is 15.8. The Morgan fingerprint density at radius 3 is 2.55 bits per heavy atom. The van der Waals surface area contributed by atoms with E-state index in [0.717, 1.165) is 23.2 Å². The maximum absolute atomic E-state index is 12.3. The Balaban J connectivity index is 1.48. The standard InChI is InChI=1S/C26H30N4O2S/c1-16-9-21(31)10-17(2)23(16)14-20(30(3)4)15-27-26-28-19(13-25(32)29-26)12-22-11-18-7-5-6-8-24(18)33-22/h5-11,13,20,31H,12,14-15H2,1-4H3,(H2,27,28,29,32)/t20-/m0/s1. The number of hydrogen-bond acceptors (Lipinski definition) is 6. The number of benzene rings is 2. The number of nitrogens with one attached hydrogen (secondary N) is 2. The number of anilines is 1. The molecule has 4 aromatic rings. The van der Waals surface area contributed by atoms with Gasteiger partial charge in [-0.2, -0.15) is 4.98 Å². The zero-order chi connectivity index (χ0) is 23.5. The van der Waals surface area contributed by atoms with Gasteiger partial charge in [-0.05, 0) is 80.7 Å². The SMILES string of the molecule is Cc1cc(O)cc(C)c1C[C@@H](CNc1nc(=O)cc(Cc2cc3ccccc3s2)[nH]1)N(C)C. The molecular weight excluding hydrogens is 432 g/mol. The molecular formula is C26H30N4O2S. The number of nitrogens with zero attached hydrogens (tertiary/aromatic N) is 2. The molecule has 6 nitrogen and oxygen atoms in total. The number of aromatic amines is 1. The lowest BCUT2D eigenvalue weighted by Crippen LogP contribution is -2.37. The van der Waals surface area contributed by atoms with Crippen molar-refractivity contribution in [2.45, 2.75) is 32.7 Å². The number of thiophene rings is 1. The molecule has 2 aromatic carbocycles. The van der Waals surface area contributed by atoms with Crippen molar-refractivity contribution >= 4 is 27.4 Å². The molecule has 0 aliphatic rings. The third-order valence-electron chi connectivity index (χ3n) is 6.00. The van der Waals surface area contributed by atoms with Gasteiger partial charge >= 0.3 is 0 Å². The van der Waals surface area contributed by atoms with Gasteiger partial charge in [-0.15, -0.1) is 11.3 Å². The molecule has 7 heteroatoms. The van der Waals surface area contributed by atoms with Crippen molar-refractivity contribution in [1.29, 1.82) is 0 Å². The van der Waals surface area contributed by atoms with Crippen LogP contribution in [-0.2, 0) is 12.8 Å².